The summed E-state index contributed by atoms with van der Waals surface area (Å²) in [5.74, 6) is 1.34. The third-order valence-electron chi connectivity index (χ3n) is 6.17. The van der Waals surface area contributed by atoms with Crippen LogP contribution in [0.4, 0.5) is 17.5 Å². The highest BCUT2D eigenvalue weighted by molar-refractivity contribution is 6.03. The fourth-order valence-corrected chi connectivity index (χ4v) is 4.37. The molecule has 2 aromatic rings. The number of aryl methyl sites for hydroxylation is 1. The minimum atomic E-state index is -0.272. The van der Waals surface area contributed by atoms with Crippen LogP contribution in [-0.4, -0.2) is 58.9 Å². The first kappa shape index (κ1) is 21.1. The van der Waals surface area contributed by atoms with E-state index in [4.69, 9.17) is 0 Å². The average molecular weight is 423 g/mol. The molecule has 2 aliphatic rings. The number of fused-ring (bicyclic) bond motifs is 1. The van der Waals surface area contributed by atoms with E-state index in [1.54, 1.807) is 0 Å². The van der Waals surface area contributed by atoms with E-state index in [1.807, 2.05) is 74.9 Å². The van der Waals surface area contributed by atoms with Gasteiger partial charge in [0.2, 0.25) is 17.8 Å². The molecule has 2 aliphatic heterocycles. The molecule has 0 spiro atoms. The maximum atomic E-state index is 12.8. The highest BCUT2D eigenvalue weighted by atomic mass is 16.2. The van der Waals surface area contributed by atoms with Gasteiger partial charge in [-0.1, -0.05) is 44.2 Å². The van der Waals surface area contributed by atoms with E-state index in [-0.39, 0.29) is 35.7 Å². The Labute approximate surface area is 183 Å². The largest absolute Gasteiger partial charge is 0.348 e. The summed E-state index contributed by atoms with van der Waals surface area (Å²) < 4.78 is 0. The first-order valence-electron chi connectivity index (χ1n) is 10.8. The Hall–Kier alpha value is -3.16. The second-order valence-corrected chi connectivity index (χ2v) is 8.84. The standard InChI is InChI=1S/C23H30N6O2/c1-13(2)19-21(30)26-18-15(4)24-23(27-20(18)28(19)5)25-17-11-29(12-17)22(31)14(3)16-9-7-6-8-10-16/h6-10,13-14,17,19H,11-12H2,1-5H3,(H,26,30)(H,24,25,27)/t14-,19+/m1/s1. The summed E-state index contributed by atoms with van der Waals surface area (Å²) in [4.78, 5) is 38.2. The average Bonchev–Trinajstić information content (AvgIpc) is 2.70. The van der Waals surface area contributed by atoms with Crippen molar-refractivity contribution in [3.8, 4) is 0 Å². The number of likely N-dealkylation sites (tertiary alicyclic amines) is 1. The van der Waals surface area contributed by atoms with Crippen molar-refractivity contribution in [1.82, 2.24) is 14.9 Å². The fourth-order valence-electron chi connectivity index (χ4n) is 4.37. The molecule has 2 atom stereocenters. The topological polar surface area (TPSA) is 90.5 Å². The zero-order valence-electron chi connectivity index (χ0n) is 18.7. The van der Waals surface area contributed by atoms with Crippen LogP contribution < -0.4 is 15.5 Å². The van der Waals surface area contributed by atoms with Gasteiger partial charge in [-0.3, -0.25) is 9.59 Å². The molecule has 1 saturated heterocycles. The molecule has 8 nitrogen and oxygen atoms in total. The molecule has 2 amide bonds. The Morgan fingerprint density at radius 1 is 1.16 bits per heavy atom. The second-order valence-electron chi connectivity index (χ2n) is 8.84. The molecule has 0 unspecified atom stereocenters. The van der Waals surface area contributed by atoms with Crippen LogP contribution >= 0.6 is 0 Å². The number of likely N-dealkylation sites (N-methyl/N-ethyl adjacent to an activating group) is 1. The molecule has 2 N–H and O–H groups in total. The number of nitrogens with zero attached hydrogens (tertiary/aromatic N) is 4. The Morgan fingerprint density at radius 2 is 1.84 bits per heavy atom. The van der Waals surface area contributed by atoms with Gasteiger partial charge in [0, 0.05) is 20.1 Å². The predicted octanol–water partition coefficient (Wildman–Crippen LogP) is 2.62. The number of nitrogens with one attached hydrogen (secondary N) is 2. The fraction of sp³-hybridized carbons (Fsp3) is 0.478. The number of carbonyl (C=O) groups excluding carboxylic acids is 2. The van der Waals surface area contributed by atoms with Crippen LogP contribution in [0.5, 0.6) is 0 Å². The summed E-state index contributed by atoms with van der Waals surface area (Å²) >= 11 is 0. The lowest BCUT2D eigenvalue weighted by molar-refractivity contribution is -0.136. The lowest BCUT2D eigenvalue weighted by Crippen LogP contribution is -2.58. The van der Waals surface area contributed by atoms with Gasteiger partial charge in [0.25, 0.3) is 0 Å². The Bertz CT molecular complexity index is 987. The van der Waals surface area contributed by atoms with Crippen LogP contribution in [0.3, 0.4) is 0 Å². The van der Waals surface area contributed by atoms with E-state index in [9.17, 15) is 9.59 Å². The Morgan fingerprint density at radius 3 is 2.48 bits per heavy atom. The van der Waals surface area contributed by atoms with Crippen LogP contribution in [-0.2, 0) is 9.59 Å². The molecule has 0 aliphatic carbocycles. The van der Waals surface area contributed by atoms with Gasteiger partial charge in [-0.2, -0.15) is 4.98 Å². The van der Waals surface area contributed by atoms with Gasteiger partial charge >= 0.3 is 0 Å². The number of hydrogen-bond acceptors (Lipinski definition) is 6. The summed E-state index contributed by atoms with van der Waals surface area (Å²) in [7, 11) is 1.90. The first-order valence-corrected chi connectivity index (χ1v) is 10.8. The summed E-state index contributed by atoms with van der Waals surface area (Å²) in [6.45, 7) is 9.11. The van der Waals surface area contributed by atoms with Gasteiger partial charge in [0.05, 0.1) is 17.7 Å². The summed E-state index contributed by atoms with van der Waals surface area (Å²) in [5.41, 5.74) is 2.42. The maximum Gasteiger partial charge on any atom is 0.247 e. The minimum Gasteiger partial charge on any atom is -0.348 e. The molecule has 4 rings (SSSR count). The molecule has 3 heterocycles. The maximum absolute atomic E-state index is 12.8. The molecule has 8 heteroatoms. The second kappa shape index (κ2) is 8.17. The number of aromatic nitrogens is 2. The zero-order valence-corrected chi connectivity index (χ0v) is 18.7. The molecule has 0 saturated carbocycles. The van der Waals surface area contributed by atoms with Crippen LogP contribution in [0.25, 0.3) is 0 Å². The Balaban J connectivity index is 1.42. The number of anilines is 3. The molecule has 1 aromatic carbocycles. The molecular weight excluding hydrogens is 392 g/mol. The van der Waals surface area contributed by atoms with Gasteiger partial charge in [0.1, 0.15) is 11.7 Å². The summed E-state index contributed by atoms with van der Waals surface area (Å²) in [6.07, 6.45) is 0. The summed E-state index contributed by atoms with van der Waals surface area (Å²) in [6, 6.07) is 9.68. The Kier molecular flexibility index (Phi) is 5.56. The number of benzene rings is 1. The van der Waals surface area contributed by atoms with E-state index >= 15 is 0 Å². The molecule has 1 fully saturated rings. The van der Waals surface area contributed by atoms with Crippen LogP contribution in [0.2, 0.25) is 0 Å². The molecule has 0 bridgehead atoms. The molecule has 1 aromatic heterocycles. The highest BCUT2D eigenvalue weighted by Gasteiger charge is 2.37. The monoisotopic (exact) mass is 422 g/mol. The zero-order chi connectivity index (χ0) is 22.3. The van der Waals surface area contributed by atoms with Crippen LogP contribution in [0.1, 0.15) is 37.9 Å². The first-order chi connectivity index (χ1) is 14.8. The smallest absolute Gasteiger partial charge is 0.247 e. The quantitative estimate of drug-likeness (QED) is 0.770. The van der Waals surface area contributed by atoms with Gasteiger partial charge in [-0.15, -0.1) is 0 Å². The van der Waals surface area contributed by atoms with Gasteiger partial charge < -0.3 is 20.4 Å². The lowest BCUT2D eigenvalue weighted by Gasteiger charge is -2.41. The third kappa shape index (κ3) is 3.94. The lowest BCUT2D eigenvalue weighted by atomic mass is 9.97. The van der Waals surface area contributed by atoms with E-state index in [1.165, 1.54) is 0 Å². The number of carbonyl (C=O) groups is 2. The van der Waals surface area contributed by atoms with E-state index < -0.39 is 0 Å². The van der Waals surface area contributed by atoms with E-state index in [2.05, 4.69) is 20.6 Å². The number of amides is 2. The van der Waals surface area contributed by atoms with Crippen molar-refractivity contribution < 1.29 is 9.59 Å². The van der Waals surface area contributed by atoms with E-state index in [0.29, 0.717) is 24.7 Å². The highest BCUT2D eigenvalue weighted by Crippen LogP contribution is 2.34. The molecular formula is C23H30N6O2. The van der Waals surface area contributed by atoms with Crippen molar-refractivity contribution in [2.45, 2.75) is 45.7 Å². The molecule has 0 radical (unpaired) electrons. The van der Waals surface area contributed by atoms with Gasteiger partial charge in [0.15, 0.2) is 5.82 Å². The van der Waals surface area contributed by atoms with Crippen molar-refractivity contribution in [2.24, 2.45) is 5.92 Å². The van der Waals surface area contributed by atoms with Crippen molar-refractivity contribution in [3.63, 3.8) is 0 Å². The predicted molar refractivity (Wildman–Crippen MR) is 121 cm³/mol. The van der Waals surface area contributed by atoms with Crippen LogP contribution in [0, 0.1) is 12.8 Å². The third-order valence-corrected chi connectivity index (χ3v) is 6.17. The number of rotatable bonds is 5. The van der Waals surface area contributed by atoms with Gasteiger partial charge in [-0.05, 0) is 25.3 Å². The van der Waals surface area contributed by atoms with Gasteiger partial charge in [-0.25, -0.2) is 4.98 Å². The number of hydrogen-bond donors (Lipinski definition) is 2. The molecule has 31 heavy (non-hydrogen) atoms. The normalized spacial score (nSPS) is 19.5. The van der Waals surface area contributed by atoms with Crippen LogP contribution in [0.15, 0.2) is 30.3 Å². The van der Waals surface area contributed by atoms with Crippen molar-refractivity contribution in [3.05, 3.63) is 41.6 Å². The van der Waals surface area contributed by atoms with Crippen molar-refractivity contribution in [2.75, 3.05) is 35.7 Å². The SMILES string of the molecule is Cc1nc(NC2CN(C(=O)[C@H](C)c3ccccc3)C2)nc2c1NC(=O)[C@H](C(C)C)N2C. The van der Waals surface area contributed by atoms with E-state index in [0.717, 1.165) is 17.1 Å². The summed E-state index contributed by atoms with van der Waals surface area (Å²) in [5, 5.41) is 6.32. The van der Waals surface area contributed by atoms with Crippen molar-refractivity contribution >= 4 is 29.3 Å². The minimum absolute atomic E-state index is 0.0295. The molecule has 164 valence electrons. The van der Waals surface area contributed by atoms with Crippen molar-refractivity contribution in [1.29, 1.82) is 0 Å².